The van der Waals surface area contributed by atoms with E-state index >= 15 is 0 Å². The number of pyridine rings is 1. The Labute approximate surface area is 156 Å². The first kappa shape index (κ1) is 17.5. The monoisotopic (exact) mass is 369 g/mol. The molecule has 140 valence electrons. The van der Waals surface area contributed by atoms with Crippen molar-refractivity contribution >= 4 is 17.7 Å². The predicted octanol–water partition coefficient (Wildman–Crippen LogP) is 2.57. The lowest BCUT2D eigenvalue weighted by atomic mass is 9.89. The predicted molar refractivity (Wildman–Crippen MR) is 96.9 cm³/mol. The van der Waals surface area contributed by atoms with E-state index in [9.17, 15) is 19.1 Å². The maximum atomic E-state index is 13.8. The topological polar surface area (TPSA) is 73.7 Å². The maximum absolute atomic E-state index is 13.8. The van der Waals surface area contributed by atoms with Crippen LogP contribution in [0.15, 0.2) is 42.6 Å². The summed E-state index contributed by atoms with van der Waals surface area (Å²) in [5, 5.41) is 9.44. The summed E-state index contributed by atoms with van der Waals surface area (Å²) in [4.78, 5) is 31.8. The van der Waals surface area contributed by atoms with Crippen LogP contribution in [0.3, 0.4) is 0 Å². The van der Waals surface area contributed by atoms with Crippen LogP contribution in [0.5, 0.6) is 0 Å². The molecule has 1 amide bonds. The van der Waals surface area contributed by atoms with Gasteiger partial charge in [0.05, 0.1) is 6.04 Å². The average molecular weight is 369 g/mol. The van der Waals surface area contributed by atoms with Gasteiger partial charge in [-0.05, 0) is 29.8 Å². The second-order valence-electron chi connectivity index (χ2n) is 7.18. The zero-order valence-electron chi connectivity index (χ0n) is 14.9. The normalized spacial score (nSPS) is 24.1. The van der Waals surface area contributed by atoms with Gasteiger partial charge in [0, 0.05) is 44.6 Å². The Hall–Kier alpha value is -2.96. The number of nitrogens with zero attached hydrogens (tertiary/aromatic N) is 3. The van der Waals surface area contributed by atoms with Crippen molar-refractivity contribution in [3.63, 3.8) is 0 Å². The fourth-order valence-electron chi connectivity index (χ4n) is 4.48. The van der Waals surface area contributed by atoms with E-state index in [1.807, 2.05) is 11.0 Å². The van der Waals surface area contributed by atoms with Gasteiger partial charge in [-0.15, -0.1) is 0 Å². The van der Waals surface area contributed by atoms with Gasteiger partial charge >= 0.3 is 5.97 Å². The lowest BCUT2D eigenvalue weighted by Gasteiger charge is -2.29. The number of carbonyl (C=O) groups excluding carboxylic acids is 1. The molecular formula is C20H20FN3O3. The molecule has 0 radical (unpaired) electrons. The Balaban J connectivity index is 1.67. The number of carboxylic acid groups (broad SMARTS) is 1. The van der Waals surface area contributed by atoms with Crippen molar-refractivity contribution in [1.29, 1.82) is 0 Å². The van der Waals surface area contributed by atoms with E-state index in [1.165, 1.54) is 19.1 Å². The van der Waals surface area contributed by atoms with E-state index < -0.39 is 5.97 Å². The number of hydrogen-bond donors (Lipinski definition) is 1. The molecule has 2 saturated heterocycles. The summed E-state index contributed by atoms with van der Waals surface area (Å²) >= 11 is 0. The first-order chi connectivity index (χ1) is 13.0. The Kier molecular flexibility index (Phi) is 4.30. The number of benzene rings is 1. The lowest BCUT2D eigenvalue weighted by Crippen LogP contribution is -2.35. The van der Waals surface area contributed by atoms with Crippen LogP contribution in [0.1, 0.15) is 28.9 Å². The van der Waals surface area contributed by atoms with Crippen LogP contribution in [0.4, 0.5) is 10.2 Å². The van der Waals surface area contributed by atoms with Gasteiger partial charge < -0.3 is 14.9 Å². The molecule has 1 aromatic heterocycles. The minimum absolute atomic E-state index is 0.0331. The Morgan fingerprint density at radius 1 is 1.19 bits per heavy atom. The minimum Gasteiger partial charge on any atom is -0.478 e. The van der Waals surface area contributed by atoms with Crippen molar-refractivity contribution < 1.29 is 19.1 Å². The zero-order chi connectivity index (χ0) is 19.1. The molecule has 2 fully saturated rings. The molecule has 6 nitrogen and oxygen atoms in total. The summed E-state index contributed by atoms with van der Waals surface area (Å²) in [7, 11) is 0. The first-order valence-corrected chi connectivity index (χ1v) is 8.91. The molecule has 3 heterocycles. The van der Waals surface area contributed by atoms with Crippen molar-refractivity contribution in [3.05, 3.63) is 59.5 Å². The first-order valence-electron chi connectivity index (χ1n) is 8.91. The fraction of sp³-hybridized carbons (Fsp3) is 0.350. The summed E-state index contributed by atoms with van der Waals surface area (Å²) < 4.78 is 13.8. The van der Waals surface area contributed by atoms with Gasteiger partial charge in [0.15, 0.2) is 0 Å². The number of aromatic nitrogens is 1. The van der Waals surface area contributed by atoms with Gasteiger partial charge in [0.1, 0.15) is 17.2 Å². The molecular weight excluding hydrogens is 349 g/mol. The number of amides is 1. The van der Waals surface area contributed by atoms with Gasteiger partial charge in [-0.1, -0.05) is 12.1 Å². The van der Waals surface area contributed by atoms with Crippen LogP contribution in [0, 0.1) is 17.7 Å². The smallest absolute Gasteiger partial charge is 0.339 e. The summed E-state index contributed by atoms with van der Waals surface area (Å²) in [6, 6.07) is 9.31. The van der Waals surface area contributed by atoms with Crippen molar-refractivity contribution in [3.8, 4) is 0 Å². The van der Waals surface area contributed by atoms with Crippen LogP contribution in [-0.2, 0) is 4.79 Å². The largest absolute Gasteiger partial charge is 0.478 e. The molecule has 27 heavy (non-hydrogen) atoms. The van der Waals surface area contributed by atoms with Crippen LogP contribution < -0.4 is 4.90 Å². The highest BCUT2D eigenvalue weighted by Crippen LogP contribution is 2.46. The molecule has 0 unspecified atom stereocenters. The highest BCUT2D eigenvalue weighted by Gasteiger charge is 2.49. The number of likely N-dealkylation sites (tertiary alicyclic amines) is 1. The number of hydrogen-bond acceptors (Lipinski definition) is 4. The van der Waals surface area contributed by atoms with E-state index in [-0.39, 0.29) is 35.2 Å². The van der Waals surface area contributed by atoms with Gasteiger partial charge in [0.2, 0.25) is 5.91 Å². The van der Waals surface area contributed by atoms with E-state index in [0.29, 0.717) is 25.5 Å². The molecule has 0 saturated carbocycles. The second-order valence-corrected chi connectivity index (χ2v) is 7.18. The van der Waals surface area contributed by atoms with Gasteiger partial charge in [-0.3, -0.25) is 4.79 Å². The van der Waals surface area contributed by atoms with Gasteiger partial charge in [0.25, 0.3) is 0 Å². The SMILES string of the molecule is CC(=O)N1C[C@H]2CN(c3ncccc3C(=O)O)C[C@H]2[C@H]1c1cccc(F)c1. The van der Waals surface area contributed by atoms with Crippen LogP contribution in [0.25, 0.3) is 0 Å². The van der Waals surface area contributed by atoms with E-state index in [2.05, 4.69) is 4.98 Å². The maximum Gasteiger partial charge on any atom is 0.339 e. The van der Waals surface area contributed by atoms with E-state index in [4.69, 9.17) is 0 Å². The van der Waals surface area contributed by atoms with Crippen molar-refractivity contribution in [2.45, 2.75) is 13.0 Å². The molecule has 0 spiro atoms. The quantitative estimate of drug-likeness (QED) is 0.900. The highest BCUT2D eigenvalue weighted by molar-refractivity contribution is 5.93. The number of carboxylic acids is 1. The standard InChI is InChI=1S/C20H20FN3O3/c1-12(25)24-10-14-9-23(19-16(20(26)27)6-3-7-22-19)11-17(14)18(24)13-4-2-5-15(21)8-13/h2-8,14,17-18H,9-11H2,1H3,(H,26,27)/t14-,17-,18-/m1/s1. The Morgan fingerprint density at radius 2 is 2.00 bits per heavy atom. The van der Waals surface area contributed by atoms with Crippen LogP contribution in [0.2, 0.25) is 0 Å². The number of aromatic carboxylic acids is 1. The number of anilines is 1. The van der Waals surface area contributed by atoms with Crippen molar-refractivity contribution in [2.75, 3.05) is 24.5 Å². The molecule has 2 aliphatic rings. The molecule has 1 aromatic carbocycles. The number of halogens is 1. The summed E-state index contributed by atoms with van der Waals surface area (Å²) in [5.74, 6) is -0.638. The van der Waals surface area contributed by atoms with Crippen LogP contribution in [-0.4, -0.2) is 46.5 Å². The van der Waals surface area contributed by atoms with Crippen LogP contribution >= 0.6 is 0 Å². The van der Waals surface area contributed by atoms with Gasteiger partial charge in [-0.2, -0.15) is 0 Å². The molecule has 3 atom stereocenters. The molecule has 7 heteroatoms. The lowest BCUT2D eigenvalue weighted by molar-refractivity contribution is -0.130. The zero-order valence-corrected chi connectivity index (χ0v) is 14.9. The summed E-state index contributed by atoms with van der Waals surface area (Å²) in [6.45, 7) is 3.31. The molecule has 4 rings (SSSR count). The van der Waals surface area contributed by atoms with Crippen molar-refractivity contribution in [1.82, 2.24) is 9.88 Å². The van der Waals surface area contributed by atoms with E-state index in [0.717, 1.165) is 5.56 Å². The molecule has 2 aliphatic heterocycles. The number of carbonyl (C=O) groups is 2. The summed E-state index contributed by atoms with van der Waals surface area (Å²) in [6.07, 6.45) is 1.59. The third kappa shape index (κ3) is 3.03. The second kappa shape index (κ2) is 6.64. The molecule has 1 N–H and O–H groups in total. The third-order valence-corrected chi connectivity index (χ3v) is 5.58. The Morgan fingerprint density at radius 3 is 2.70 bits per heavy atom. The fourth-order valence-corrected chi connectivity index (χ4v) is 4.48. The Bertz CT molecular complexity index is 904. The number of fused-ring (bicyclic) bond motifs is 1. The molecule has 0 bridgehead atoms. The minimum atomic E-state index is -1.01. The van der Waals surface area contributed by atoms with Crippen molar-refractivity contribution in [2.24, 2.45) is 11.8 Å². The molecule has 0 aliphatic carbocycles. The van der Waals surface area contributed by atoms with Gasteiger partial charge in [-0.25, -0.2) is 14.2 Å². The highest BCUT2D eigenvalue weighted by atomic mass is 19.1. The summed E-state index contributed by atoms with van der Waals surface area (Å²) in [5.41, 5.74) is 0.947. The number of rotatable bonds is 3. The van der Waals surface area contributed by atoms with E-state index in [1.54, 1.807) is 29.3 Å². The average Bonchev–Trinajstić information content (AvgIpc) is 3.19. The molecule has 2 aromatic rings. The third-order valence-electron chi connectivity index (χ3n) is 5.58.